The van der Waals surface area contributed by atoms with E-state index in [4.69, 9.17) is 4.42 Å². The van der Waals surface area contributed by atoms with Crippen LogP contribution in [0.25, 0.3) is 0 Å². The average Bonchev–Trinajstić information content (AvgIpc) is 2.52. The monoisotopic (exact) mass is 235 g/mol. The minimum atomic E-state index is -0.275. The molecule has 0 aliphatic heterocycles. The zero-order chi connectivity index (χ0) is 12.8. The van der Waals surface area contributed by atoms with E-state index in [-0.39, 0.29) is 22.9 Å². The third-order valence-electron chi connectivity index (χ3n) is 3.21. The lowest BCUT2D eigenvalue weighted by molar-refractivity contribution is 0.0891. The molecule has 0 radical (unpaired) electrons. The SMILES string of the molecule is CNC(=O)c1oc2c(c1C)C(=O)CC(C)(C)C2. The zero-order valence-corrected chi connectivity index (χ0v) is 10.6. The summed E-state index contributed by atoms with van der Waals surface area (Å²) in [5.41, 5.74) is 1.19. The Labute approximate surface area is 100 Å². The molecule has 1 amide bonds. The molecule has 2 rings (SSSR count). The molecule has 1 heterocycles. The maximum atomic E-state index is 12.1. The molecule has 92 valence electrons. The van der Waals surface area contributed by atoms with E-state index in [0.29, 0.717) is 29.7 Å². The van der Waals surface area contributed by atoms with E-state index in [2.05, 4.69) is 5.32 Å². The molecule has 0 saturated heterocycles. The smallest absolute Gasteiger partial charge is 0.287 e. The van der Waals surface area contributed by atoms with Crippen molar-refractivity contribution in [1.82, 2.24) is 5.32 Å². The second-order valence-electron chi connectivity index (χ2n) is 5.37. The largest absolute Gasteiger partial charge is 0.455 e. The fraction of sp³-hybridized carbons (Fsp3) is 0.538. The van der Waals surface area contributed by atoms with Crippen molar-refractivity contribution in [2.24, 2.45) is 5.41 Å². The van der Waals surface area contributed by atoms with Gasteiger partial charge < -0.3 is 9.73 Å². The summed E-state index contributed by atoms with van der Waals surface area (Å²) >= 11 is 0. The van der Waals surface area contributed by atoms with Crippen molar-refractivity contribution in [3.8, 4) is 0 Å². The third kappa shape index (κ3) is 1.88. The number of amides is 1. The minimum absolute atomic E-state index is 0.0765. The first kappa shape index (κ1) is 11.9. The first-order chi connectivity index (χ1) is 7.85. The molecule has 0 atom stereocenters. The number of hydrogen-bond acceptors (Lipinski definition) is 3. The number of Topliss-reactive ketones (excluding diaryl/α,β-unsaturated/α-hetero) is 1. The molecule has 4 nitrogen and oxygen atoms in total. The number of nitrogens with one attached hydrogen (secondary N) is 1. The number of hydrogen-bond donors (Lipinski definition) is 1. The second kappa shape index (κ2) is 3.72. The van der Waals surface area contributed by atoms with Gasteiger partial charge in [0.2, 0.25) is 0 Å². The maximum absolute atomic E-state index is 12.1. The van der Waals surface area contributed by atoms with Crippen LogP contribution in [0.3, 0.4) is 0 Å². The number of carbonyl (C=O) groups is 2. The van der Waals surface area contributed by atoms with Gasteiger partial charge in [-0.1, -0.05) is 13.8 Å². The molecular formula is C13H17NO3. The Hall–Kier alpha value is -1.58. The molecule has 0 unspecified atom stereocenters. The average molecular weight is 235 g/mol. The summed E-state index contributed by atoms with van der Waals surface area (Å²) in [6, 6.07) is 0. The van der Waals surface area contributed by atoms with Crippen LogP contribution in [-0.4, -0.2) is 18.7 Å². The number of carbonyl (C=O) groups excluding carboxylic acids is 2. The van der Waals surface area contributed by atoms with Crippen molar-refractivity contribution in [3.05, 3.63) is 22.6 Å². The zero-order valence-electron chi connectivity index (χ0n) is 10.6. The van der Waals surface area contributed by atoms with Crippen LogP contribution >= 0.6 is 0 Å². The Bertz CT molecular complexity index is 497. The summed E-state index contributed by atoms with van der Waals surface area (Å²) in [7, 11) is 1.55. The summed E-state index contributed by atoms with van der Waals surface area (Å²) < 4.78 is 5.56. The molecule has 0 aromatic carbocycles. The lowest BCUT2D eigenvalue weighted by Gasteiger charge is -2.27. The molecule has 1 N–H and O–H groups in total. The van der Waals surface area contributed by atoms with Gasteiger partial charge in [0.05, 0.1) is 5.56 Å². The molecule has 0 saturated carbocycles. The van der Waals surface area contributed by atoms with Gasteiger partial charge in [-0.25, -0.2) is 0 Å². The maximum Gasteiger partial charge on any atom is 0.287 e. The summed E-state index contributed by atoms with van der Waals surface area (Å²) in [5.74, 6) is 0.723. The van der Waals surface area contributed by atoms with E-state index in [1.54, 1.807) is 14.0 Å². The van der Waals surface area contributed by atoms with Gasteiger partial charge in [-0.2, -0.15) is 0 Å². The van der Waals surface area contributed by atoms with Crippen molar-refractivity contribution in [2.45, 2.75) is 33.6 Å². The Morgan fingerprint density at radius 2 is 2.00 bits per heavy atom. The molecule has 0 bridgehead atoms. The molecule has 0 spiro atoms. The van der Waals surface area contributed by atoms with Crippen LogP contribution in [0, 0.1) is 12.3 Å². The number of fused-ring (bicyclic) bond motifs is 1. The highest BCUT2D eigenvalue weighted by atomic mass is 16.4. The van der Waals surface area contributed by atoms with E-state index >= 15 is 0 Å². The first-order valence-corrected chi connectivity index (χ1v) is 5.73. The van der Waals surface area contributed by atoms with Gasteiger partial charge in [0.15, 0.2) is 11.5 Å². The van der Waals surface area contributed by atoms with Gasteiger partial charge in [0.1, 0.15) is 5.76 Å². The van der Waals surface area contributed by atoms with Gasteiger partial charge in [-0.15, -0.1) is 0 Å². The highest BCUT2D eigenvalue weighted by molar-refractivity contribution is 6.03. The van der Waals surface area contributed by atoms with E-state index in [0.717, 1.165) is 0 Å². The fourth-order valence-electron chi connectivity index (χ4n) is 2.41. The van der Waals surface area contributed by atoms with Crippen LogP contribution in [0.2, 0.25) is 0 Å². The first-order valence-electron chi connectivity index (χ1n) is 5.73. The second-order valence-corrected chi connectivity index (χ2v) is 5.37. The molecular weight excluding hydrogens is 218 g/mol. The highest BCUT2D eigenvalue weighted by Gasteiger charge is 2.36. The minimum Gasteiger partial charge on any atom is -0.455 e. The van der Waals surface area contributed by atoms with Crippen molar-refractivity contribution >= 4 is 11.7 Å². The Kier molecular flexibility index (Phi) is 2.60. The van der Waals surface area contributed by atoms with Crippen molar-refractivity contribution in [3.63, 3.8) is 0 Å². The van der Waals surface area contributed by atoms with Crippen LogP contribution in [0.15, 0.2) is 4.42 Å². The summed E-state index contributed by atoms with van der Waals surface area (Å²) in [4.78, 5) is 23.7. The number of furan rings is 1. The van der Waals surface area contributed by atoms with Gasteiger partial charge >= 0.3 is 0 Å². The van der Waals surface area contributed by atoms with Crippen LogP contribution in [0.4, 0.5) is 0 Å². The van der Waals surface area contributed by atoms with E-state index in [9.17, 15) is 9.59 Å². The molecule has 1 aromatic heterocycles. The van der Waals surface area contributed by atoms with Crippen molar-refractivity contribution < 1.29 is 14.0 Å². The lowest BCUT2D eigenvalue weighted by Crippen LogP contribution is -2.26. The summed E-state index contributed by atoms with van der Waals surface area (Å²) in [6.45, 7) is 5.83. The predicted octanol–water partition coefficient (Wildman–Crippen LogP) is 2.10. The van der Waals surface area contributed by atoms with Gasteiger partial charge in [0, 0.05) is 25.5 Å². The van der Waals surface area contributed by atoms with Gasteiger partial charge in [0.25, 0.3) is 5.91 Å². The molecule has 17 heavy (non-hydrogen) atoms. The fourth-order valence-corrected chi connectivity index (χ4v) is 2.41. The van der Waals surface area contributed by atoms with Crippen molar-refractivity contribution in [1.29, 1.82) is 0 Å². The van der Waals surface area contributed by atoms with E-state index in [1.807, 2.05) is 13.8 Å². The predicted molar refractivity (Wildman–Crippen MR) is 63.3 cm³/mol. The third-order valence-corrected chi connectivity index (χ3v) is 3.21. The number of rotatable bonds is 1. The van der Waals surface area contributed by atoms with E-state index in [1.165, 1.54) is 0 Å². The Morgan fingerprint density at radius 1 is 1.35 bits per heavy atom. The van der Waals surface area contributed by atoms with Gasteiger partial charge in [-0.05, 0) is 12.3 Å². The molecule has 1 aromatic rings. The highest BCUT2D eigenvalue weighted by Crippen LogP contribution is 2.38. The molecule has 4 heteroatoms. The molecule has 0 fully saturated rings. The van der Waals surface area contributed by atoms with Crippen LogP contribution in [0.1, 0.15) is 52.5 Å². The summed E-state index contributed by atoms with van der Waals surface area (Å²) in [6.07, 6.45) is 1.21. The number of ketones is 1. The Morgan fingerprint density at radius 3 is 2.59 bits per heavy atom. The van der Waals surface area contributed by atoms with Gasteiger partial charge in [-0.3, -0.25) is 9.59 Å². The van der Waals surface area contributed by atoms with Crippen LogP contribution in [0.5, 0.6) is 0 Å². The lowest BCUT2D eigenvalue weighted by atomic mass is 9.76. The topological polar surface area (TPSA) is 59.3 Å². The summed E-state index contributed by atoms with van der Waals surface area (Å²) in [5, 5.41) is 2.52. The molecule has 1 aliphatic rings. The normalized spacial score (nSPS) is 17.8. The van der Waals surface area contributed by atoms with E-state index < -0.39 is 0 Å². The molecule has 1 aliphatic carbocycles. The standard InChI is InChI=1S/C13H17NO3/c1-7-10-8(15)5-13(2,3)6-9(10)17-11(7)12(16)14-4/h5-6H2,1-4H3,(H,14,16). The quantitative estimate of drug-likeness (QED) is 0.811. The van der Waals surface area contributed by atoms with Crippen molar-refractivity contribution in [2.75, 3.05) is 7.05 Å². The Balaban J connectivity index is 2.53. The van der Waals surface area contributed by atoms with Crippen LogP contribution in [-0.2, 0) is 6.42 Å². The van der Waals surface area contributed by atoms with Crippen LogP contribution < -0.4 is 5.32 Å².